The first-order chi connectivity index (χ1) is 18.8. The van der Waals surface area contributed by atoms with E-state index in [-0.39, 0.29) is 35.1 Å². The number of carboxylic acid groups (broad SMARTS) is 1. The maximum Gasteiger partial charge on any atom is 0.421 e. The fraction of sp³-hybridized carbons (Fsp3) is 0.222. The molecule has 3 N–H and O–H groups in total. The molecule has 13 heteroatoms. The Bertz CT molecular complexity index is 1550. The zero-order chi connectivity index (χ0) is 29.2. The minimum atomic E-state index is -4.84. The van der Waals surface area contributed by atoms with Crippen molar-refractivity contribution in [2.45, 2.75) is 39.5 Å². The average molecular weight is 555 g/mol. The van der Waals surface area contributed by atoms with Gasteiger partial charge in [-0.25, -0.2) is 19.4 Å². The summed E-state index contributed by atoms with van der Waals surface area (Å²) in [7, 11) is 0. The maximum absolute atomic E-state index is 13.9. The molecule has 0 aliphatic carbocycles. The standard InChI is InChI=1S/C27H25F3N6O4/c1-15(2)36(24(37)18-6-4-16(3)5-7-18)22-9-8-19(11-20(22)25(38)39)40-23-21(27(28,29)30)10-17(12-32-23)13-35-26(31)33-14-34-35/h4-12,14-15H,13H2,1-3H3,(H,38,39)(H2,31,33,34). The van der Waals surface area contributed by atoms with Crippen LogP contribution in [0.3, 0.4) is 0 Å². The number of carbonyl (C=O) groups is 2. The van der Waals surface area contributed by atoms with E-state index >= 15 is 0 Å². The summed E-state index contributed by atoms with van der Waals surface area (Å²) in [5, 5.41) is 13.8. The Labute approximate surface area is 226 Å². The fourth-order valence-corrected chi connectivity index (χ4v) is 3.96. The van der Waals surface area contributed by atoms with Crippen LogP contribution < -0.4 is 15.4 Å². The van der Waals surface area contributed by atoms with Crippen LogP contribution >= 0.6 is 0 Å². The number of aryl methyl sites for hydroxylation is 1. The van der Waals surface area contributed by atoms with Crippen LogP contribution in [0.5, 0.6) is 11.6 Å². The van der Waals surface area contributed by atoms with Gasteiger partial charge in [-0.05, 0) is 62.7 Å². The number of hydrogen-bond acceptors (Lipinski definition) is 7. The third-order valence-electron chi connectivity index (χ3n) is 5.90. The number of nitrogen functional groups attached to an aromatic ring is 1. The second-order valence-electron chi connectivity index (χ2n) is 9.19. The number of rotatable bonds is 8. The minimum Gasteiger partial charge on any atom is -0.478 e. The molecule has 10 nitrogen and oxygen atoms in total. The molecule has 2 aromatic carbocycles. The Balaban J connectivity index is 1.69. The molecule has 4 aromatic rings. The van der Waals surface area contributed by atoms with Crippen molar-refractivity contribution in [3.8, 4) is 11.6 Å². The predicted octanol–water partition coefficient (Wildman–Crippen LogP) is 5.18. The molecule has 0 unspecified atom stereocenters. The van der Waals surface area contributed by atoms with E-state index in [1.807, 2.05) is 6.92 Å². The molecule has 0 fully saturated rings. The molecule has 2 aromatic heterocycles. The van der Waals surface area contributed by atoms with Gasteiger partial charge in [0.25, 0.3) is 5.91 Å². The van der Waals surface area contributed by atoms with E-state index in [4.69, 9.17) is 10.5 Å². The summed E-state index contributed by atoms with van der Waals surface area (Å²) in [5.41, 5.74) is 5.63. The van der Waals surface area contributed by atoms with Crippen molar-refractivity contribution in [2.24, 2.45) is 0 Å². The Hall–Kier alpha value is -4.94. The van der Waals surface area contributed by atoms with Gasteiger partial charge in [-0.2, -0.15) is 18.3 Å². The highest BCUT2D eigenvalue weighted by atomic mass is 19.4. The molecule has 4 rings (SSSR count). The van der Waals surface area contributed by atoms with Gasteiger partial charge in [0.1, 0.15) is 17.6 Å². The van der Waals surface area contributed by atoms with Crippen LogP contribution in [-0.4, -0.2) is 42.8 Å². The van der Waals surface area contributed by atoms with Crippen molar-refractivity contribution in [3.05, 3.63) is 88.9 Å². The van der Waals surface area contributed by atoms with Gasteiger partial charge in [0.05, 0.1) is 17.8 Å². The summed E-state index contributed by atoms with van der Waals surface area (Å²) in [6, 6.07) is 10.9. The molecule has 0 radical (unpaired) electrons. The van der Waals surface area contributed by atoms with Crippen molar-refractivity contribution in [3.63, 3.8) is 0 Å². The third kappa shape index (κ3) is 6.03. The first-order valence-electron chi connectivity index (χ1n) is 12.0. The summed E-state index contributed by atoms with van der Waals surface area (Å²) in [4.78, 5) is 34.4. The number of pyridine rings is 1. The van der Waals surface area contributed by atoms with Crippen LogP contribution in [0.1, 0.15) is 51.3 Å². The fourth-order valence-electron chi connectivity index (χ4n) is 3.96. The summed E-state index contributed by atoms with van der Waals surface area (Å²) in [5.74, 6) is -2.79. The molecule has 2 heterocycles. The number of aromatic nitrogens is 4. The van der Waals surface area contributed by atoms with E-state index in [9.17, 15) is 27.9 Å². The monoisotopic (exact) mass is 554 g/mol. The van der Waals surface area contributed by atoms with Crippen molar-refractivity contribution in [1.82, 2.24) is 19.7 Å². The first-order valence-corrected chi connectivity index (χ1v) is 12.0. The van der Waals surface area contributed by atoms with Crippen LogP contribution in [0.2, 0.25) is 0 Å². The number of aromatic carboxylic acids is 1. The Kier molecular flexibility index (Phi) is 7.75. The van der Waals surface area contributed by atoms with Crippen LogP contribution in [0.25, 0.3) is 0 Å². The van der Waals surface area contributed by atoms with Gasteiger partial charge in [-0.3, -0.25) is 4.79 Å². The van der Waals surface area contributed by atoms with Gasteiger partial charge in [-0.1, -0.05) is 17.7 Å². The lowest BCUT2D eigenvalue weighted by Gasteiger charge is -2.28. The minimum absolute atomic E-state index is 0.0199. The molecule has 0 spiro atoms. The van der Waals surface area contributed by atoms with E-state index < -0.39 is 35.5 Å². The summed E-state index contributed by atoms with van der Waals surface area (Å²) in [6.45, 7) is 5.20. The number of carbonyl (C=O) groups excluding carboxylic acids is 1. The Morgan fingerprint density at radius 3 is 2.38 bits per heavy atom. The van der Waals surface area contributed by atoms with E-state index in [1.54, 1.807) is 38.1 Å². The smallest absolute Gasteiger partial charge is 0.421 e. The molecule has 0 saturated heterocycles. The van der Waals surface area contributed by atoms with Crippen molar-refractivity contribution < 1.29 is 32.6 Å². The molecule has 0 saturated carbocycles. The Morgan fingerprint density at radius 1 is 1.10 bits per heavy atom. The van der Waals surface area contributed by atoms with Gasteiger partial charge >= 0.3 is 12.1 Å². The lowest BCUT2D eigenvalue weighted by atomic mass is 10.1. The normalized spacial score (nSPS) is 11.5. The van der Waals surface area contributed by atoms with E-state index in [1.165, 1.54) is 34.2 Å². The number of benzene rings is 2. The van der Waals surface area contributed by atoms with Gasteiger partial charge in [0.15, 0.2) is 0 Å². The lowest BCUT2D eigenvalue weighted by Crippen LogP contribution is -2.38. The van der Waals surface area contributed by atoms with Crippen LogP contribution in [0, 0.1) is 6.92 Å². The highest BCUT2D eigenvalue weighted by Gasteiger charge is 2.36. The quantitative estimate of drug-likeness (QED) is 0.304. The van der Waals surface area contributed by atoms with Gasteiger partial charge < -0.3 is 20.5 Å². The second-order valence-corrected chi connectivity index (χ2v) is 9.19. The highest BCUT2D eigenvalue weighted by Crippen LogP contribution is 2.38. The molecular weight excluding hydrogens is 529 g/mol. The van der Waals surface area contributed by atoms with E-state index in [0.29, 0.717) is 5.56 Å². The summed E-state index contributed by atoms with van der Waals surface area (Å²) < 4.78 is 48.4. The molecule has 208 valence electrons. The van der Waals surface area contributed by atoms with Gasteiger partial charge in [0, 0.05) is 17.8 Å². The molecule has 40 heavy (non-hydrogen) atoms. The zero-order valence-electron chi connectivity index (χ0n) is 21.7. The third-order valence-corrected chi connectivity index (χ3v) is 5.90. The highest BCUT2D eigenvalue weighted by molar-refractivity contribution is 6.09. The van der Waals surface area contributed by atoms with Crippen molar-refractivity contribution >= 4 is 23.5 Å². The molecule has 1 amide bonds. The number of carboxylic acids is 1. The molecule has 0 atom stereocenters. The van der Waals surface area contributed by atoms with Crippen molar-refractivity contribution in [2.75, 3.05) is 10.6 Å². The predicted molar refractivity (Wildman–Crippen MR) is 139 cm³/mol. The molecule has 0 bridgehead atoms. The number of halogens is 3. The van der Waals surface area contributed by atoms with Gasteiger partial charge in [0.2, 0.25) is 11.8 Å². The topological polar surface area (TPSA) is 136 Å². The molecule has 0 aliphatic heterocycles. The average Bonchev–Trinajstić information content (AvgIpc) is 3.29. The number of hydrogen-bond donors (Lipinski definition) is 2. The number of amides is 1. The first kappa shape index (κ1) is 28.1. The van der Waals surface area contributed by atoms with Crippen LogP contribution in [0.15, 0.2) is 61.1 Å². The van der Waals surface area contributed by atoms with E-state index in [0.717, 1.165) is 17.7 Å². The SMILES string of the molecule is Cc1ccc(C(=O)N(c2ccc(Oc3ncc(Cn4ncnc4N)cc3C(F)(F)F)cc2C(=O)O)C(C)C)cc1. The largest absolute Gasteiger partial charge is 0.478 e. The summed E-state index contributed by atoms with van der Waals surface area (Å²) in [6.07, 6.45) is -2.50. The second kappa shape index (κ2) is 11.0. The number of nitrogens with zero attached hydrogens (tertiary/aromatic N) is 5. The van der Waals surface area contributed by atoms with E-state index in [2.05, 4.69) is 15.1 Å². The number of nitrogens with two attached hydrogens (primary N) is 1. The van der Waals surface area contributed by atoms with Crippen molar-refractivity contribution in [1.29, 1.82) is 0 Å². The summed E-state index contributed by atoms with van der Waals surface area (Å²) >= 11 is 0. The molecule has 0 aliphatic rings. The Morgan fingerprint density at radius 2 is 1.80 bits per heavy atom. The van der Waals surface area contributed by atoms with Crippen LogP contribution in [-0.2, 0) is 12.7 Å². The zero-order valence-corrected chi connectivity index (χ0v) is 21.7. The number of alkyl halides is 3. The number of anilines is 2. The van der Waals surface area contributed by atoms with Crippen LogP contribution in [0.4, 0.5) is 24.8 Å². The maximum atomic E-state index is 13.9. The molecular formula is C27H25F3N6O4. The lowest BCUT2D eigenvalue weighted by molar-refractivity contribution is -0.138. The van der Waals surface area contributed by atoms with Gasteiger partial charge in [-0.15, -0.1) is 0 Å². The number of ether oxygens (including phenoxy) is 1.